The predicted octanol–water partition coefficient (Wildman–Crippen LogP) is 0.822. The maximum atomic E-state index is 12.4. The van der Waals surface area contributed by atoms with Crippen LogP contribution in [0.5, 0.6) is 11.5 Å². The first-order valence-electron chi connectivity index (χ1n) is 8.65. The van der Waals surface area contributed by atoms with Crippen LogP contribution in [0.3, 0.4) is 0 Å². The molecule has 3 N–H and O–H groups in total. The van der Waals surface area contributed by atoms with Crippen molar-refractivity contribution in [3.63, 3.8) is 0 Å². The molecule has 0 saturated heterocycles. The van der Waals surface area contributed by atoms with Gasteiger partial charge in [0.25, 0.3) is 5.78 Å². The fraction of sp³-hybridized carbons (Fsp3) is 0.333. The van der Waals surface area contributed by atoms with E-state index in [0.717, 1.165) is 22.7 Å². The quantitative estimate of drug-likeness (QED) is 0.700. The van der Waals surface area contributed by atoms with Gasteiger partial charge in [-0.05, 0) is 26.0 Å². The van der Waals surface area contributed by atoms with Crippen LogP contribution in [0.25, 0.3) is 5.78 Å². The molecule has 0 radical (unpaired) electrons. The van der Waals surface area contributed by atoms with Crippen LogP contribution < -0.4 is 20.5 Å². The molecule has 0 bridgehead atoms. The highest BCUT2D eigenvalue weighted by Gasteiger charge is 2.22. The van der Waals surface area contributed by atoms with Gasteiger partial charge in [0.2, 0.25) is 11.9 Å². The second-order valence-electron chi connectivity index (χ2n) is 6.42. The summed E-state index contributed by atoms with van der Waals surface area (Å²) < 4.78 is 13.1. The van der Waals surface area contributed by atoms with Gasteiger partial charge in [-0.15, -0.1) is 5.10 Å². The fourth-order valence-electron chi connectivity index (χ4n) is 3.09. The number of para-hydroxylation sites is 2. The molecule has 140 valence electrons. The average molecular weight is 368 g/mol. The first-order valence-corrected chi connectivity index (χ1v) is 8.65. The van der Waals surface area contributed by atoms with Crippen molar-refractivity contribution in [2.45, 2.75) is 26.4 Å². The number of fused-ring (bicyclic) bond motifs is 2. The number of carbonyl (C=O) groups excluding carboxylic acids is 1. The summed E-state index contributed by atoms with van der Waals surface area (Å²) in [6.07, 6.45) is -0.0494. The number of rotatable bonds is 4. The predicted molar refractivity (Wildman–Crippen MR) is 97.7 cm³/mol. The molecule has 27 heavy (non-hydrogen) atoms. The highest BCUT2D eigenvalue weighted by atomic mass is 16.6. The lowest BCUT2D eigenvalue weighted by molar-refractivity contribution is -0.121. The topological polar surface area (TPSA) is 117 Å². The lowest BCUT2D eigenvalue weighted by Gasteiger charge is -2.26. The second kappa shape index (κ2) is 6.75. The number of anilines is 1. The minimum atomic E-state index is -0.234. The van der Waals surface area contributed by atoms with E-state index in [1.54, 1.807) is 4.52 Å². The minimum absolute atomic E-state index is 0.127. The van der Waals surface area contributed by atoms with Crippen molar-refractivity contribution in [3.8, 4) is 11.5 Å². The van der Waals surface area contributed by atoms with E-state index in [9.17, 15) is 4.79 Å². The Bertz CT molecular complexity index is 1020. The third-order valence-electron chi connectivity index (χ3n) is 4.50. The summed E-state index contributed by atoms with van der Waals surface area (Å²) in [4.78, 5) is 20.9. The summed E-state index contributed by atoms with van der Waals surface area (Å²) in [5, 5.41) is 7.01. The van der Waals surface area contributed by atoms with E-state index in [4.69, 9.17) is 15.2 Å². The van der Waals surface area contributed by atoms with Crippen molar-refractivity contribution in [2.24, 2.45) is 0 Å². The average Bonchev–Trinajstić information content (AvgIpc) is 3.03. The number of benzene rings is 1. The number of aromatic nitrogens is 4. The van der Waals surface area contributed by atoms with Crippen LogP contribution in [0.4, 0.5) is 5.95 Å². The lowest BCUT2D eigenvalue weighted by atomic mass is 10.1. The van der Waals surface area contributed by atoms with Crippen molar-refractivity contribution in [1.82, 2.24) is 24.9 Å². The minimum Gasteiger partial charge on any atom is -0.486 e. The van der Waals surface area contributed by atoms with Gasteiger partial charge < -0.3 is 20.5 Å². The zero-order valence-corrected chi connectivity index (χ0v) is 15.1. The van der Waals surface area contributed by atoms with Gasteiger partial charge >= 0.3 is 0 Å². The SMILES string of the molecule is Cc1nc2nc(N)nn2c(C)c1CC(=O)NC[C@H]1COc2ccccc2O1. The highest BCUT2D eigenvalue weighted by molar-refractivity contribution is 5.79. The van der Waals surface area contributed by atoms with Gasteiger partial charge in [0.1, 0.15) is 12.7 Å². The van der Waals surface area contributed by atoms with Gasteiger partial charge in [0, 0.05) is 17.0 Å². The molecule has 4 rings (SSSR count). The molecule has 0 fully saturated rings. The molecular formula is C18H20N6O3. The largest absolute Gasteiger partial charge is 0.486 e. The van der Waals surface area contributed by atoms with Gasteiger partial charge in [0.05, 0.1) is 13.0 Å². The molecule has 1 aliphatic heterocycles. The maximum Gasteiger partial charge on any atom is 0.254 e. The molecule has 9 nitrogen and oxygen atoms in total. The van der Waals surface area contributed by atoms with E-state index in [0.29, 0.717) is 24.7 Å². The van der Waals surface area contributed by atoms with E-state index in [-0.39, 0.29) is 24.4 Å². The van der Waals surface area contributed by atoms with E-state index >= 15 is 0 Å². The summed E-state index contributed by atoms with van der Waals surface area (Å²) in [5.41, 5.74) is 7.96. The van der Waals surface area contributed by atoms with E-state index < -0.39 is 0 Å². The Kier molecular flexibility index (Phi) is 4.27. The Hall–Kier alpha value is -3.36. The number of nitrogens with zero attached hydrogens (tertiary/aromatic N) is 4. The van der Waals surface area contributed by atoms with Crippen LogP contribution >= 0.6 is 0 Å². The van der Waals surface area contributed by atoms with E-state index in [1.165, 1.54) is 0 Å². The van der Waals surface area contributed by atoms with E-state index in [2.05, 4.69) is 20.4 Å². The number of carbonyl (C=O) groups is 1. The first-order chi connectivity index (χ1) is 13.0. The van der Waals surface area contributed by atoms with Crippen molar-refractivity contribution >= 4 is 17.6 Å². The zero-order chi connectivity index (χ0) is 19.0. The highest BCUT2D eigenvalue weighted by Crippen LogP contribution is 2.30. The van der Waals surface area contributed by atoms with Crippen molar-refractivity contribution in [3.05, 3.63) is 41.2 Å². The summed E-state index contributed by atoms with van der Waals surface area (Å²) in [5.74, 6) is 1.86. The molecule has 0 aliphatic carbocycles. The number of hydrogen-bond donors (Lipinski definition) is 2. The molecular weight excluding hydrogens is 348 g/mol. The smallest absolute Gasteiger partial charge is 0.254 e. The van der Waals surface area contributed by atoms with Crippen molar-refractivity contribution < 1.29 is 14.3 Å². The molecule has 1 amide bonds. The monoisotopic (exact) mass is 368 g/mol. The fourth-order valence-corrected chi connectivity index (χ4v) is 3.09. The Labute approximate surface area is 155 Å². The Morgan fingerprint density at radius 3 is 2.89 bits per heavy atom. The summed E-state index contributed by atoms with van der Waals surface area (Å²) in [6, 6.07) is 7.48. The molecule has 1 atom stereocenters. The second-order valence-corrected chi connectivity index (χ2v) is 6.42. The Morgan fingerprint density at radius 2 is 2.07 bits per heavy atom. The van der Waals surface area contributed by atoms with Crippen LogP contribution in [0.2, 0.25) is 0 Å². The molecule has 1 aromatic carbocycles. The first kappa shape index (κ1) is 17.1. The molecule has 0 saturated carbocycles. The van der Waals surface area contributed by atoms with Crippen LogP contribution in [0.1, 0.15) is 17.0 Å². The standard InChI is InChI=1S/C18H20N6O3/c1-10-13(11(2)24-18(21-10)22-17(19)23-24)7-16(25)20-8-12-9-26-14-5-3-4-6-15(14)27-12/h3-6,12H,7-9H2,1-2H3,(H2,19,23)(H,20,25)/t12-/m0/s1. The van der Waals surface area contributed by atoms with Crippen molar-refractivity contribution in [1.29, 1.82) is 0 Å². The maximum absolute atomic E-state index is 12.4. The third-order valence-corrected chi connectivity index (χ3v) is 4.50. The van der Waals surface area contributed by atoms with Gasteiger partial charge in [-0.3, -0.25) is 4.79 Å². The number of aryl methyl sites for hydroxylation is 2. The van der Waals surface area contributed by atoms with Crippen LogP contribution in [0.15, 0.2) is 24.3 Å². The molecule has 0 unspecified atom stereocenters. The van der Waals surface area contributed by atoms with Crippen LogP contribution in [0, 0.1) is 13.8 Å². The number of ether oxygens (including phenoxy) is 2. The Balaban J connectivity index is 1.41. The van der Waals surface area contributed by atoms with Gasteiger partial charge in [-0.2, -0.15) is 9.50 Å². The normalized spacial score (nSPS) is 15.7. The summed E-state index contributed by atoms with van der Waals surface area (Å²) in [6.45, 7) is 4.46. The number of hydrogen-bond acceptors (Lipinski definition) is 7. The summed E-state index contributed by atoms with van der Waals surface area (Å²) in [7, 11) is 0. The number of amides is 1. The number of nitrogens with one attached hydrogen (secondary N) is 1. The molecule has 1 aliphatic rings. The molecule has 2 aromatic heterocycles. The lowest BCUT2D eigenvalue weighted by Crippen LogP contribution is -2.41. The molecule has 3 aromatic rings. The number of nitrogens with two attached hydrogens (primary N) is 1. The zero-order valence-electron chi connectivity index (χ0n) is 15.1. The Morgan fingerprint density at radius 1 is 1.30 bits per heavy atom. The van der Waals surface area contributed by atoms with Gasteiger partial charge in [0.15, 0.2) is 11.5 Å². The van der Waals surface area contributed by atoms with Crippen molar-refractivity contribution in [2.75, 3.05) is 18.9 Å². The van der Waals surface area contributed by atoms with Crippen LogP contribution in [-0.2, 0) is 11.2 Å². The number of nitrogen functional groups attached to an aromatic ring is 1. The molecule has 0 spiro atoms. The summed E-state index contributed by atoms with van der Waals surface area (Å²) >= 11 is 0. The molecule has 9 heteroatoms. The third kappa shape index (κ3) is 3.35. The van der Waals surface area contributed by atoms with E-state index in [1.807, 2.05) is 38.1 Å². The van der Waals surface area contributed by atoms with Crippen LogP contribution in [-0.4, -0.2) is 44.7 Å². The van der Waals surface area contributed by atoms with Gasteiger partial charge in [-0.1, -0.05) is 12.1 Å². The molecule has 3 heterocycles. The van der Waals surface area contributed by atoms with Gasteiger partial charge in [-0.25, -0.2) is 4.98 Å².